The molecule has 0 spiro atoms. The van der Waals surface area contributed by atoms with Crippen molar-refractivity contribution in [2.24, 2.45) is 5.14 Å². The normalized spacial score (nSPS) is 12.2. The highest BCUT2D eigenvalue weighted by atomic mass is 32.2. The van der Waals surface area contributed by atoms with Gasteiger partial charge in [0.1, 0.15) is 11.3 Å². The van der Waals surface area contributed by atoms with Gasteiger partial charge in [0.05, 0.1) is 11.3 Å². The van der Waals surface area contributed by atoms with Gasteiger partial charge in [-0.3, -0.25) is 0 Å². The highest BCUT2D eigenvalue weighted by Crippen LogP contribution is 2.25. The number of sulfonamides is 1. The van der Waals surface area contributed by atoms with Crippen molar-refractivity contribution < 1.29 is 8.42 Å². The summed E-state index contributed by atoms with van der Waals surface area (Å²) in [5.74, 6) is 1.14. The third-order valence-corrected chi connectivity index (χ3v) is 4.26. The highest BCUT2D eigenvalue weighted by Gasteiger charge is 2.15. The SMILES string of the molecule is Cc1nc(N)c2nc(C)n(CCCS(N)(=O)=O)c2c1C. The third-order valence-electron chi connectivity index (χ3n) is 3.40. The maximum absolute atomic E-state index is 11.0. The zero-order chi connectivity index (χ0) is 15.1. The monoisotopic (exact) mass is 297 g/mol. The molecule has 0 unspecified atom stereocenters. The number of aryl methyl sites for hydroxylation is 4. The molecular weight excluding hydrogens is 278 g/mol. The fourth-order valence-electron chi connectivity index (χ4n) is 2.31. The summed E-state index contributed by atoms with van der Waals surface area (Å²) in [6.07, 6.45) is 0.436. The quantitative estimate of drug-likeness (QED) is 0.857. The zero-order valence-corrected chi connectivity index (χ0v) is 12.7. The average molecular weight is 297 g/mol. The van der Waals surface area contributed by atoms with E-state index >= 15 is 0 Å². The van der Waals surface area contributed by atoms with Crippen LogP contribution in [0, 0.1) is 20.8 Å². The van der Waals surface area contributed by atoms with E-state index in [1.165, 1.54) is 0 Å². The highest BCUT2D eigenvalue weighted by molar-refractivity contribution is 7.89. The third kappa shape index (κ3) is 2.75. The molecule has 2 aromatic heterocycles. The lowest BCUT2D eigenvalue weighted by atomic mass is 10.2. The van der Waals surface area contributed by atoms with Crippen LogP contribution < -0.4 is 10.9 Å². The second kappa shape index (κ2) is 5.02. The maximum Gasteiger partial charge on any atom is 0.209 e. The molecule has 110 valence electrons. The van der Waals surface area contributed by atoms with Gasteiger partial charge in [0, 0.05) is 12.2 Å². The molecule has 0 aliphatic rings. The van der Waals surface area contributed by atoms with Crippen LogP contribution in [0.15, 0.2) is 0 Å². The molecule has 0 fully saturated rings. The number of nitrogens with zero attached hydrogens (tertiary/aromatic N) is 3. The van der Waals surface area contributed by atoms with E-state index in [0.29, 0.717) is 24.3 Å². The van der Waals surface area contributed by atoms with Gasteiger partial charge in [0.2, 0.25) is 10.0 Å². The maximum atomic E-state index is 11.0. The van der Waals surface area contributed by atoms with E-state index < -0.39 is 10.0 Å². The summed E-state index contributed by atoms with van der Waals surface area (Å²) in [4.78, 5) is 8.69. The first kappa shape index (κ1) is 14.7. The van der Waals surface area contributed by atoms with Gasteiger partial charge in [0.15, 0.2) is 5.82 Å². The lowest BCUT2D eigenvalue weighted by molar-refractivity contribution is 0.588. The molecule has 8 heteroatoms. The minimum absolute atomic E-state index is 0.0509. The number of imidazole rings is 1. The molecule has 2 rings (SSSR count). The van der Waals surface area contributed by atoms with Gasteiger partial charge in [0.25, 0.3) is 0 Å². The number of rotatable bonds is 4. The number of primary sulfonamides is 1. The molecular formula is C12H19N5O2S. The van der Waals surface area contributed by atoms with Crippen LogP contribution in [0.4, 0.5) is 5.82 Å². The van der Waals surface area contributed by atoms with Crippen LogP contribution in [0.25, 0.3) is 11.0 Å². The molecule has 2 aromatic rings. The van der Waals surface area contributed by atoms with Gasteiger partial charge in [-0.15, -0.1) is 0 Å². The van der Waals surface area contributed by atoms with Crippen LogP contribution >= 0.6 is 0 Å². The first-order chi connectivity index (χ1) is 9.20. The van der Waals surface area contributed by atoms with Crippen molar-refractivity contribution in [1.29, 1.82) is 0 Å². The second-order valence-corrected chi connectivity index (χ2v) is 6.67. The van der Waals surface area contributed by atoms with Crippen molar-refractivity contribution in [3.63, 3.8) is 0 Å². The van der Waals surface area contributed by atoms with E-state index in [1.54, 1.807) is 0 Å². The van der Waals surface area contributed by atoms with E-state index in [4.69, 9.17) is 10.9 Å². The molecule has 0 amide bonds. The Bertz CT molecular complexity index is 764. The Morgan fingerprint density at radius 2 is 1.85 bits per heavy atom. The first-order valence-electron chi connectivity index (χ1n) is 6.30. The predicted molar refractivity (Wildman–Crippen MR) is 78.7 cm³/mol. The van der Waals surface area contributed by atoms with Crippen LogP contribution in [0.1, 0.15) is 23.5 Å². The van der Waals surface area contributed by atoms with Gasteiger partial charge in [-0.05, 0) is 32.8 Å². The number of anilines is 1. The predicted octanol–water partition coefficient (Wildman–Crippen LogP) is 0.617. The summed E-state index contributed by atoms with van der Waals surface area (Å²) < 4.78 is 24.0. The van der Waals surface area contributed by atoms with Gasteiger partial charge >= 0.3 is 0 Å². The number of aromatic nitrogens is 3. The molecule has 0 aromatic carbocycles. The molecule has 2 heterocycles. The lowest BCUT2D eigenvalue weighted by Gasteiger charge is -2.10. The van der Waals surface area contributed by atoms with Crippen molar-refractivity contribution in [1.82, 2.24) is 14.5 Å². The minimum Gasteiger partial charge on any atom is -0.382 e. The number of hydrogen-bond donors (Lipinski definition) is 2. The molecule has 7 nitrogen and oxygen atoms in total. The molecule has 4 N–H and O–H groups in total. The Morgan fingerprint density at radius 1 is 1.20 bits per heavy atom. The number of fused-ring (bicyclic) bond motifs is 1. The average Bonchev–Trinajstić information content (AvgIpc) is 2.63. The van der Waals surface area contributed by atoms with Gasteiger partial charge in [-0.2, -0.15) is 0 Å². The summed E-state index contributed by atoms with van der Waals surface area (Å²) >= 11 is 0. The number of nitrogen functional groups attached to an aromatic ring is 1. The molecule has 0 atom stereocenters. The van der Waals surface area contributed by atoms with Crippen molar-refractivity contribution in [3.8, 4) is 0 Å². The Hall–Kier alpha value is -1.67. The molecule has 0 saturated carbocycles. The first-order valence-corrected chi connectivity index (χ1v) is 8.02. The fourth-order valence-corrected chi connectivity index (χ4v) is 2.84. The van der Waals surface area contributed by atoms with E-state index in [1.807, 2.05) is 25.3 Å². The molecule has 0 bridgehead atoms. The van der Waals surface area contributed by atoms with Gasteiger partial charge in [-0.25, -0.2) is 23.5 Å². The second-order valence-electron chi connectivity index (χ2n) is 4.94. The van der Waals surface area contributed by atoms with Crippen molar-refractivity contribution in [3.05, 3.63) is 17.1 Å². The summed E-state index contributed by atoms with van der Waals surface area (Å²) in [6.45, 7) is 6.25. The van der Waals surface area contributed by atoms with E-state index in [0.717, 1.165) is 22.6 Å². The van der Waals surface area contributed by atoms with E-state index in [9.17, 15) is 8.42 Å². The molecule has 0 saturated heterocycles. The van der Waals surface area contributed by atoms with Crippen molar-refractivity contribution in [2.45, 2.75) is 33.7 Å². The summed E-state index contributed by atoms with van der Waals surface area (Å²) in [5.41, 5.74) is 9.34. The largest absolute Gasteiger partial charge is 0.382 e. The lowest BCUT2D eigenvalue weighted by Crippen LogP contribution is -2.18. The zero-order valence-electron chi connectivity index (χ0n) is 11.8. The number of pyridine rings is 1. The van der Waals surface area contributed by atoms with Gasteiger partial charge in [-0.1, -0.05) is 0 Å². The molecule has 20 heavy (non-hydrogen) atoms. The van der Waals surface area contributed by atoms with Crippen LogP contribution in [0.3, 0.4) is 0 Å². The summed E-state index contributed by atoms with van der Waals surface area (Å²) in [7, 11) is -3.44. The van der Waals surface area contributed by atoms with Crippen LogP contribution in [-0.4, -0.2) is 28.7 Å². The summed E-state index contributed by atoms with van der Waals surface area (Å²) in [6, 6.07) is 0. The Morgan fingerprint density at radius 3 is 2.45 bits per heavy atom. The van der Waals surface area contributed by atoms with E-state index in [-0.39, 0.29) is 5.75 Å². The van der Waals surface area contributed by atoms with Crippen molar-refractivity contribution in [2.75, 3.05) is 11.5 Å². The van der Waals surface area contributed by atoms with Crippen LogP contribution in [-0.2, 0) is 16.6 Å². The number of hydrogen-bond acceptors (Lipinski definition) is 5. The number of nitrogens with two attached hydrogens (primary N) is 2. The molecule has 0 radical (unpaired) electrons. The summed E-state index contributed by atoms with van der Waals surface area (Å²) in [5, 5.41) is 5.02. The Kier molecular flexibility index (Phi) is 3.70. The molecule has 0 aliphatic heterocycles. The minimum atomic E-state index is -3.44. The van der Waals surface area contributed by atoms with Gasteiger partial charge < -0.3 is 10.3 Å². The smallest absolute Gasteiger partial charge is 0.209 e. The standard InChI is InChI=1S/C12H19N5O2S/c1-7-8(2)15-12(13)10-11(7)17(9(3)16-10)5-4-6-20(14,18)19/h4-6H2,1-3H3,(H2,13,15)(H2,14,18,19). The van der Waals surface area contributed by atoms with E-state index in [2.05, 4.69) is 9.97 Å². The molecule has 0 aliphatic carbocycles. The van der Waals surface area contributed by atoms with Crippen LogP contribution in [0.5, 0.6) is 0 Å². The topological polar surface area (TPSA) is 117 Å². The Labute approximate surface area is 118 Å². The van der Waals surface area contributed by atoms with Crippen molar-refractivity contribution >= 4 is 26.9 Å². The van der Waals surface area contributed by atoms with Crippen LogP contribution in [0.2, 0.25) is 0 Å². The Balaban J connectivity index is 2.45. The fraction of sp³-hybridized carbons (Fsp3) is 0.500.